The molecule has 2 aromatic carbocycles. The van der Waals surface area contributed by atoms with Crippen molar-refractivity contribution >= 4 is 22.6 Å². The van der Waals surface area contributed by atoms with Crippen LogP contribution >= 0.6 is 0 Å². The number of hydrogen-bond acceptors (Lipinski definition) is 2. The van der Waals surface area contributed by atoms with Crippen molar-refractivity contribution in [3.8, 4) is 11.4 Å². The van der Waals surface area contributed by atoms with Gasteiger partial charge in [-0.2, -0.15) is 5.10 Å². The molecule has 0 saturated heterocycles. The Kier molecular flexibility index (Phi) is 5.21. The van der Waals surface area contributed by atoms with Gasteiger partial charge in [-0.25, -0.2) is 0 Å². The van der Waals surface area contributed by atoms with Crippen molar-refractivity contribution in [3.63, 3.8) is 0 Å². The molecule has 4 rings (SSSR count). The lowest BCUT2D eigenvalue weighted by molar-refractivity contribution is -0.117. The maximum atomic E-state index is 12.9. The van der Waals surface area contributed by atoms with Gasteiger partial charge in [-0.3, -0.25) is 9.89 Å². The maximum absolute atomic E-state index is 12.9. The predicted octanol–water partition coefficient (Wildman–Crippen LogP) is 5.49. The second-order valence-electron chi connectivity index (χ2n) is 7.26. The van der Waals surface area contributed by atoms with Gasteiger partial charge in [0.1, 0.15) is 0 Å². The molecule has 0 fully saturated rings. The molecule has 1 atom stereocenters. The molecule has 0 aliphatic carbocycles. The number of aromatic amines is 1. The quantitative estimate of drug-likeness (QED) is 0.460. The number of amides is 1. The molecule has 2 N–H and O–H groups in total. The van der Waals surface area contributed by atoms with Gasteiger partial charge in [0.25, 0.3) is 0 Å². The van der Waals surface area contributed by atoms with Crippen LogP contribution in [0.2, 0.25) is 0 Å². The van der Waals surface area contributed by atoms with Crippen LogP contribution in [0, 0.1) is 6.92 Å². The first-order chi connectivity index (χ1) is 14.1. The first-order valence-electron chi connectivity index (χ1n) is 10.1. The minimum atomic E-state index is -0.194. The molecule has 0 aliphatic rings. The summed E-state index contributed by atoms with van der Waals surface area (Å²) in [6.45, 7) is 7.15. The van der Waals surface area contributed by atoms with Crippen molar-refractivity contribution in [2.24, 2.45) is 0 Å². The average molecular weight is 386 g/mol. The summed E-state index contributed by atoms with van der Waals surface area (Å²) in [5.41, 5.74) is 5.45. The summed E-state index contributed by atoms with van der Waals surface area (Å²) in [7, 11) is 0. The number of benzene rings is 2. The third-order valence-corrected chi connectivity index (χ3v) is 5.55. The van der Waals surface area contributed by atoms with Crippen molar-refractivity contribution < 1.29 is 4.79 Å². The number of H-pyrrole nitrogens is 1. The summed E-state index contributed by atoms with van der Waals surface area (Å²) >= 11 is 0. The van der Waals surface area contributed by atoms with E-state index < -0.39 is 0 Å². The van der Waals surface area contributed by atoms with Gasteiger partial charge in [0, 0.05) is 23.5 Å². The van der Waals surface area contributed by atoms with E-state index in [1.54, 1.807) is 0 Å². The zero-order chi connectivity index (χ0) is 20.4. The number of hydrogen-bond donors (Lipinski definition) is 2. The van der Waals surface area contributed by atoms with Crippen LogP contribution in [-0.2, 0) is 11.3 Å². The van der Waals surface area contributed by atoms with Gasteiger partial charge in [-0.1, -0.05) is 55.5 Å². The minimum absolute atomic E-state index is 0.0375. The molecular formula is C24H26N4O. The summed E-state index contributed by atoms with van der Waals surface area (Å²) in [4.78, 5) is 12.9. The second-order valence-corrected chi connectivity index (χ2v) is 7.26. The van der Waals surface area contributed by atoms with Gasteiger partial charge in [-0.15, -0.1) is 0 Å². The van der Waals surface area contributed by atoms with Crippen molar-refractivity contribution in [1.29, 1.82) is 0 Å². The van der Waals surface area contributed by atoms with E-state index in [-0.39, 0.29) is 11.8 Å². The third kappa shape index (κ3) is 3.44. The van der Waals surface area contributed by atoms with Crippen LogP contribution in [0.5, 0.6) is 0 Å². The number of nitrogens with zero attached hydrogens (tertiary/aromatic N) is 2. The Balaban J connectivity index is 1.63. The lowest BCUT2D eigenvalue weighted by Gasteiger charge is -2.14. The van der Waals surface area contributed by atoms with Crippen molar-refractivity contribution in [2.75, 3.05) is 5.32 Å². The fourth-order valence-corrected chi connectivity index (χ4v) is 4.13. The maximum Gasteiger partial charge on any atom is 0.233 e. The van der Waals surface area contributed by atoms with Crippen LogP contribution in [0.15, 0.2) is 60.7 Å². The Morgan fingerprint density at radius 1 is 1.10 bits per heavy atom. The normalized spacial score (nSPS) is 12.2. The fourth-order valence-electron chi connectivity index (χ4n) is 4.13. The number of aromatic nitrogens is 3. The predicted molar refractivity (Wildman–Crippen MR) is 118 cm³/mol. The van der Waals surface area contributed by atoms with Crippen LogP contribution < -0.4 is 5.32 Å². The Morgan fingerprint density at radius 3 is 2.55 bits per heavy atom. The number of anilines is 1. The largest absolute Gasteiger partial charge is 0.339 e. The summed E-state index contributed by atoms with van der Waals surface area (Å²) in [6, 6.07) is 20.2. The number of carbonyl (C=O) groups excluding carboxylic acids is 1. The van der Waals surface area contributed by atoms with Gasteiger partial charge in [0.2, 0.25) is 5.91 Å². The lowest BCUT2D eigenvalue weighted by Crippen LogP contribution is -2.20. The van der Waals surface area contributed by atoms with Crippen molar-refractivity contribution in [3.05, 3.63) is 71.8 Å². The summed E-state index contributed by atoms with van der Waals surface area (Å²) < 4.78 is 2.28. The van der Waals surface area contributed by atoms with E-state index in [1.165, 1.54) is 16.5 Å². The molecule has 0 radical (unpaired) electrons. The Morgan fingerprint density at radius 2 is 1.83 bits per heavy atom. The molecule has 29 heavy (non-hydrogen) atoms. The first kappa shape index (κ1) is 19.0. The molecule has 2 aromatic heterocycles. The highest BCUT2D eigenvalue weighted by molar-refractivity contribution is 5.96. The zero-order valence-corrected chi connectivity index (χ0v) is 17.1. The number of nitrogens with one attached hydrogen (secondary N) is 2. The van der Waals surface area contributed by atoms with Gasteiger partial charge in [0.05, 0.1) is 17.3 Å². The van der Waals surface area contributed by atoms with E-state index in [4.69, 9.17) is 0 Å². The van der Waals surface area contributed by atoms with Crippen LogP contribution in [0.3, 0.4) is 0 Å². The van der Waals surface area contributed by atoms with Crippen molar-refractivity contribution in [2.45, 2.75) is 39.7 Å². The third-order valence-electron chi connectivity index (χ3n) is 5.55. The van der Waals surface area contributed by atoms with E-state index in [0.717, 1.165) is 29.9 Å². The van der Waals surface area contributed by atoms with Crippen molar-refractivity contribution in [1.82, 2.24) is 14.8 Å². The molecule has 1 amide bonds. The summed E-state index contributed by atoms with van der Waals surface area (Å²) in [6.07, 6.45) is 0.732. The SMILES string of the molecule is CC[C@@H](C(=O)Nc1cc(-c2c(C)c3ccccc3n2CC)[nH]n1)c1ccccc1. The number of carbonyl (C=O) groups is 1. The number of aryl methyl sites for hydroxylation is 2. The van der Waals surface area contributed by atoms with E-state index in [9.17, 15) is 4.79 Å². The second kappa shape index (κ2) is 7.95. The minimum Gasteiger partial charge on any atom is -0.339 e. The molecule has 4 aromatic rings. The Hall–Kier alpha value is -3.34. The average Bonchev–Trinajstić information content (AvgIpc) is 3.31. The van der Waals surface area contributed by atoms with Gasteiger partial charge < -0.3 is 9.88 Å². The van der Waals surface area contributed by atoms with Gasteiger partial charge >= 0.3 is 0 Å². The van der Waals surface area contributed by atoms with E-state index in [2.05, 4.69) is 58.2 Å². The topological polar surface area (TPSA) is 62.7 Å². The van der Waals surface area contributed by atoms with Crippen LogP contribution in [0.1, 0.15) is 37.3 Å². The van der Waals surface area contributed by atoms with Crippen LogP contribution in [0.4, 0.5) is 5.82 Å². The summed E-state index contributed by atoms with van der Waals surface area (Å²) in [5.74, 6) is 0.316. The monoisotopic (exact) mass is 386 g/mol. The molecule has 0 aliphatic heterocycles. The molecule has 5 heteroatoms. The number of rotatable bonds is 6. The smallest absolute Gasteiger partial charge is 0.233 e. The van der Waals surface area contributed by atoms with E-state index in [1.807, 2.05) is 43.3 Å². The summed E-state index contributed by atoms with van der Waals surface area (Å²) in [5, 5.41) is 11.7. The zero-order valence-electron chi connectivity index (χ0n) is 17.1. The Bertz CT molecular complexity index is 1140. The van der Waals surface area contributed by atoms with E-state index in [0.29, 0.717) is 5.82 Å². The molecule has 2 heterocycles. The van der Waals surface area contributed by atoms with Gasteiger partial charge in [0.15, 0.2) is 5.82 Å². The van der Waals surface area contributed by atoms with E-state index >= 15 is 0 Å². The number of para-hydroxylation sites is 1. The molecule has 0 saturated carbocycles. The standard InChI is InChI=1S/C24H26N4O/c1-4-18(17-11-7-6-8-12-17)24(29)25-22-15-20(26-27-22)23-16(3)19-13-9-10-14-21(19)28(23)5-2/h6-15,18H,4-5H2,1-3H3,(H2,25,26,27,29)/t18-/m1/s1. The molecule has 0 unspecified atom stereocenters. The molecule has 0 spiro atoms. The highest BCUT2D eigenvalue weighted by Gasteiger charge is 2.21. The molecule has 5 nitrogen and oxygen atoms in total. The highest BCUT2D eigenvalue weighted by Crippen LogP contribution is 2.33. The van der Waals surface area contributed by atoms with Crippen LogP contribution in [-0.4, -0.2) is 20.7 Å². The Labute approximate surface area is 170 Å². The lowest BCUT2D eigenvalue weighted by atomic mass is 9.96. The van der Waals surface area contributed by atoms with Gasteiger partial charge in [-0.05, 0) is 37.5 Å². The molecule has 148 valence electrons. The molecular weight excluding hydrogens is 360 g/mol. The first-order valence-corrected chi connectivity index (χ1v) is 10.1. The fraction of sp³-hybridized carbons (Fsp3) is 0.250. The van der Waals surface area contributed by atoms with Crippen LogP contribution in [0.25, 0.3) is 22.3 Å². The number of fused-ring (bicyclic) bond motifs is 1. The molecule has 0 bridgehead atoms. The highest BCUT2D eigenvalue weighted by atomic mass is 16.2.